The third-order valence-corrected chi connectivity index (χ3v) is 6.77. The first-order valence-corrected chi connectivity index (χ1v) is 11.4. The molecule has 0 saturated heterocycles. The molecule has 0 nitrogen and oxygen atoms in total. The molecule has 0 spiro atoms. The lowest BCUT2D eigenvalue weighted by molar-refractivity contribution is 0.218. The summed E-state index contributed by atoms with van der Waals surface area (Å²) in [5.41, 5.74) is 2.39. The van der Waals surface area contributed by atoms with Crippen molar-refractivity contribution < 1.29 is 4.39 Å². The van der Waals surface area contributed by atoms with E-state index in [1.165, 1.54) is 76.2 Å². The van der Waals surface area contributed by atoms with Crippen molar-refractivity contribution in [3.63, 3.8) is 0 Å². The molecule has 3 rings (SSSR count). The Bertz CT molecular complexity index is 602. The van der Waals surface area contributed by atoms with Crippen molar-refractivity contribution in [3.8, 4) is 0 Å². The van der Waals surface area contributed by atoms with E-state index in [9.17, 15) is 4.39 Å². The lowest BCUT2D eigenvalue weighted by atomic mass is 9.72. The second-order valence-corrected chi connectivity index (χ2v) is 8.76. The van der Waals surface area contributed by atoms with E-state index in [0.717, 1.165) is 23.8 Å². The maximum atomic E-state index is 13.1. The van der Waals surface area contributed by atoms with Crippen molar-refractivity contribution in [2.75, 3.05) is 0 Å². The fraction of sp³-hybridized carbons (Fsp3) is 0.615. The number of allylic oxidation sites excluding steroid dienone is 4. The highest BCUT2D eigenvalue weighted by Crippen LogP contribution is 2.39. The van der Waals surface area contributed by atoms with Gasteiger partial charge in [-0.1, -0.05) is 95.1 Å². The van der Waals surface area contributed by atoms with E-state index in [2.05, 4.69) is 25.2 Å². The Morgan fingerprint density at radius 2 is 1.59 bits per heavy atom. The molecule has 1 atom stereocenters. The molecule has 0 amide bonds. The molecule has 1 aromatic carbocycles. The number of hydrogen-bond acceptors (Lipinski definition) is 0. The average molecular weight is 369 g/mol. The molecule has 1 fully saturated rings. The summed E-state index contributed by atoms with van der Waals surface area (Å²) in [6.45, 7) is 2.29. The van der Waals surface area contributed by atoms with Crippen LogP contribution in [0.3, 0.4) is 0 Å². The second-order valence-electron chi connectivity index (χ2n) is 8.76. The van der Waals surface area contributed by atoms with Crippen LogP contribution in [-0.2, 0) is 0 Å². The molecule has 0 N–H and O–H groups in total. The Labute approximate surface area is 166 Å². The zero-order chi connectivity index (χ0) is 18.9. The normalized spacial score (nSPS) is 25.4. The predicted octanol–water partition coefficient (Wildman–Crippen LogP) is 8.34. The molecule has 1 aromatic rings. The van der Waals surface area contributed by atoms with Crippen molar-refractivity contribution in [3.05, 3.63) is 53.9 Å². The van der Waals surface area contributed by atoms with Crippen LogP contribution < -0.4 is 0 Å². The van der Waals surface area contributed by atoms with Crippen LogP contribution in [0, 0.1) is 23.6 Å². The third-order valence-electron chi connectivity index (χ3n) is 6.77. The third kappa shape index (κ3) is 6.33. The smallest absolute Gasteiger partial charge is 0.123 e. The molecule has 1 heteroatoms. The van der Waals surface area contributed by atoms with Gasteiger partial charge in [-0.05, 0) is 60.3 Å². The predicted molar refractivity (Wildman–Crippen MR) is 115 cm³/mol. The van der Waals surface area contributed by atoms with Crippen LogP contribution in [0.15, 0.2) is 42.5 Å². The highest BCUT2D eigenvalue weighted by molar-refractivity contribution is 5.74. The maximum absolute atomic E-state index is 13.1. The van der Waals surface area contributed by atoms with Gasteiger partial charge >= 0.3 is 0 Å². The highest BCUT2D eigenvalue weighted by Gasteiger charge is 2.26. The minimum Gasteiger partial charge on any atom is -0.207 e. The van der Waals surface area contributed by atoms with Crippen molar-refractivity contribution >= 4 is 5.57 Å². The molecule has 1 saturated carbocycles. The van der Waals surface area contributed by atoms with Gasteiger partial charge in [-0.25, -0.2) is 4.39 Å². The molecule has 0 bridgehead atoms. The van der Waals surface area contributed by atoms with Gasteiger partial charge in [0.05, 0.1) is 0 Å². The molecular weight excluding hydrogens is 331 g/mol. The van der Waals surface area contributed by atoms with E-state index in [-0.39, 0.29) is 5.82 Å². The lowest BCUT2D eigenvalue weighted by Gasteiger charge is -2.33. The monoisotopic (exact) mass is 368 g/mol. The fourth-order valence-corrected chi connectivity index (χ4v) is 4.96. The van der Waals surface area contributed by atoms with Crippen molar-refractivity contribution in [1.82, 2.24) is 0 Å². The molecule has 0 aromatic heterocycles. The van der Waals surface area contributed by atoms with E-state index < -0.39 is 0 Å². The maximum Gasteiger partial charge on any atom is 0.123 e. The van der Waals surface area contributed by atoms with Gasteiger partial charge < -0.3 is 0 Å². The Kier molecular flexibility index (Phi) is 8.17. The summed E-state index contributed by atoms with van der Waals surface area (Å²) in [7, 11) is 0. The molecule has 27 heavy (non-hydrogen) atoms. The Hall–Kier alpha value is -1.37. The van der Waals surface area contributed by atoms with Crippen LogP contribution in [0.2, 0.25) is 0 Å². The van der Waals surface area contributed by atoms with Gasteiger partial charge in [-0.15, -0.1) is 0 Å². The van der Waals surface area contributed by atoms with E-state index in [1.807, 2.05) is 12.1 Å². The zero-order valence-corrected chi connectivity index (χ0v) is 17.1. The Morgan fingerprint density at radius 1 is 0.889 bits per heavy atom. The second kappa shape index (κ2) is 10.8. The first-order chi connectivity index (χ1) is 13.3. The highest BCUT2D eigenvalue weighted by atomic mass is 19.1. The van der Waals surface area contributed by atoms with Gasteiger partial charge in [0.2, 0.25) is 0 Å². The molecule has 0 aliphatic heterocycles. The fourth-order valence-electron chi connectivity index (χ4n) is 4.96. The van der Waals surface area contributed by atoms with Crippen LogP contribution in [-0.4, -0.2) is 0 Å². The molecule has 148 valence electrons. The SMILES string of the molecule is CCCCCCCC[C@H]1CC[C@H](C2C=CC(c3ccc(F)cc3)=CC2)CC1. The van der Waals surface area contributed by atoms with Gasteiger partial charge in [-0.3, -0.25) is 0 Å². The number of halogens is 1. The standard InChI is InChI=1S/C26H37F/c1-2-3-4-5-6-7-8-21-9-11-22(12-10-21)23-13-15-24(16-14-23)25-17-19-26(27)20-18-25/h13,15-23H,2-12,14H2,1H3/t21-,22-,23?. The van der Waals surface area contributed by atoms with Gasteiger partial charge in [0.1, 0.15) is 5.82 Å². The average Bonchev–Trinajstić information content (AvgIpc) is 2.72. The zero-order valence-electron chi connectivity index (χ0n) is 17.1. The number of unbranched alkanes of at least 4 members (excludes halogenated alkanes) is 5. The molecule has 2 aliphatic rings. The quantitative estimate of drug-likeness (QED) is 0.384. The summed E-state index contributed by atoms with van der Waals surface area (Å²) in [4.78, 5) is 0. The summed E-state index contributed by atoms with van der Waals surface area (Å²) in [5, 5.41) is 0. The summed E-state index contributed by atoms with van der Waals surface area (Å²) in [6, 6.07) is 6.89. The van der Waals surface area contributed by atoms with Crippen molar-refractivity contribution in [2.45, 2.75) is 84.0 Å². The number of benzene rings is 1. The lowest BCUT2D eigenvalue weighted by Crippen LogP contribution is -2.21. The first kappa shape index (κ1) is 20.4. The van der Waals surface area contributed by atoms with Crippen LogP contribution in [0.5, 0.6) is 0 Å². The van der Waals surface area contributed by atoms with E-state index in [1.54, 1.807) is 12.1 Å². The van der Waals surface area contributed by atoms with Gasteiger partial charge in [0.25, 0.3) is 0 Å². The van der Waals surface area contributed by atoms with Crippen molar-refractivity contribution in [1.29, 1.82) is 0 Å². The minimum absolute atomic E-state index is 0.158. The summed E-state index contributed by atoms with van der Waals surface area (Å²) in [6.07, 6.45) is 23.9. The Morgan fingerprint density at radius 3 is 2.26 bits per heavy atom. The van der Waals surface area contributed by atoms with E-state index in [4.69, 9.17) is 0 Å². The van der Waals surface area contributed by atoms with Gasteiger partial charge in [0, 0.05) is 0 Å². The van der Waals surface area contributed by atoms with Crippen molar-refractivity contribution in [2.24, 2.45) is 17.8 Å². The largest absolute Gasteiger partial charge is 0.207 e. The van der Waals surface area contributed by atoms with Crippen LogP contribution in [0.4, 0.5) is 4.39 Å². The van der Waals surface area contributed by atoms with Crippen LogP contribution >= 0.6 is 0 Å². The van der Waals surface area contributed by atoms with Gasteiger partial charge in [-0.2, -0.15) is 0 Å². The molecular formula is C26H37F. The first-order valence-electron chi connectivity index (χ1n) is 11.4. The topological polar surface area (TPSA) is 0 Å². The molecule has 0 heterocycles. The molecule has 0 radical (unpaired) electrons. The summed E-state index contributed by atoms with van der Waals surface area (Å²) in [5.74, 6) is 2.41. The van der Waals surface area contributed by atoms with E-state index >= 15 is 0 Å². The summed E-state index contributed by atoms with van der Waals surface area (Å²) < 4.78 is 13.1. The van der Waals surface area contributed by atoms with E-state index in [0.29, 0.717) is 5.92 Å². The molecule has 2 aliphatic carbocycles. The van der Waals surface area contributed by atoms with Crippen LogP contribution in [0.25, 0.3) is 5.57 Å². The number of rotatable bonds is 9. The van der Waals surface area contributed by atoms with Crippen LogP contribution in [0.1, 0.15) is 89.5 Å². The molecule has 1 unspecified atom stereocenters. The van der Waals surface area contributed by atoms with Gasteiger partial charge in [0.15, 0.2) is 0 Å². The minimum atomic E-state index is -0.158. The Balaban J connectivity index is 1.36. The summed E-state index contributed by atoms with van der Waals surface area (Å²) >= 11 is 0. The number of hydrogen-bond donors (Lipinski definition) is 0.